The number of benzene rings is 1. The average Bonchev–Trinajstić information content (AvgIpc) is 3.25. The topological polar surface area (TPSA) is 69.5 Å². The molecule has 0 spiro atoms. The molecule has 3 rings (SSSR count). The summed E-state index contributed by atoms with van der Waals surface area (Å²) in [6, 6.07) is 8.61. The average molecular weight is 330 g/mol. The summed E-state index contributed by atoms with van der Waals surface area (Å²) < 4.78 is 11.8. The summed E-state index contributed by atoms with van der Waals surface area (Å²) in [6.07, 6.45) is 3.81. The van der Waals surface area contributed by atoms with Crippen molar-refractivity contribution in [1.82, 2.24) is 19.7 Å². The third-order valence-electron chi connectivity index (χ3n) is 4.17. The molecule has 7 heteroatoms. The molecule has 0 bridgehead atoms. The third-order valence-corrected chi connectivity index (χ3v) is 4.17. The van der Waals surface area contributed by atoms with E-state index in [9.17, 15) is 4.79 Å². The van der Waals surface area contributed by atoms with Crippen LogP contribution < -0.4 is 4.74 Å². The highest BCUT2D eigenvalue weighted by atomic mass is 16.5. The van der Waals surface area contributed by atoms with Crippen LogP contribution in [0.1, 0.15) is 42.0 Å². The normalized spacial score (nSPS) is 17.8. The lowest BCUT2D eigenvalue weighted by atomic mass is 10.0. The number of carbonyl (C=O) groups excluding carboxylic acids is 1. The first-order valence-electron chi connectivity index (χ1n) is 8.16. The molecule has 0 aliphatic carbocycles. The van der Waals surface area contributed by atoms with Crippen LogP contribution in [0.5, 0.6) is 5.75 Å². The number of aromatic nitrogens is 3. The molecular weight excluding hydrogens is 308 g/mol. The van der Waals surface area contributed by atoms with Gasteiger partial charge in [0, 0.05) is 12.6 Å². The van der Waals surface area contributed by atoms with Crippen molar-refractivity contribution in [2.45, 2.75) is 32.5 Å². The fraction of sp³-hybridized carbons (Fsp3) is 0.471. The summed E-state index contributed by atoms with van der Waals surface area (Å²) in [6.45, 7) is 4.24. The Bertz CT molecular complexity index is 683. The van der Waals surface area contributed by atoms with Crippen LogP contribution in [-0.4, -0.2) is 45.9 Å². The maximum Gasteiger partial charge on any atom is 0.377 e. The van der Waals surface area contributed by atoms with Crippen LogP contribution in [0.3, 0.4) is 0 Å². The van der Waals surface area contributed by atoms with E-state index in [-0.39, 0.29) is 5.82 Å². The van der Waals surface area contributed by atoms with Crippen molar-refractivity contribution in [1.29, 1.82) is 0 Å². The van der Waals surface area contributed by atoms with Gasteiger partial charge in [0.1, 0.15) is 12.1 Å². The number of methoxy groups -OCH3 is 1. The summed E-state index contributed by atoms with van der Waals surface area (Å²) in [5.41, 5.74) is 1.27. The van der Waals surface area contributed by atoms with Crippen molar-refractivity contribution < 1.29 is 14.3 Å². The number of esters is 1. The van der Waals surface area contributed by atoms with Gasteiger partial charge in [0.15, 0.2) is 0 Å². The molecule has 0 radical (unpaired) electrons. The van der Waals surface area contributed by atoms with E-state index in [4.69, 9.17) is 4.74 Å². The molecular formula is C17H22N4O3. The quantitative estimate of drug-likeness (QED) is 0.757. The maximum atomic E-state index is 11.4. The fourth-order valence-corrected chi connectivity index (χ4v) is 3.06. The highest BCUT2D eigenvalue weighted by Crippen LogP contribution is 2.32. The lowest BCUT2D eigenvalue weighted by molar-refractivity contribution is 0.0585. The minimum atomic E-state index is -0.516. The summed E-state index contributed by atoms with van der Waals surface area (Å²) in [5.74, 6) is 0.470. The molecule has 1 unspecified atom stereocenters. The largest absolute Gasteiger partial charge is 0.494 e. The SMILES string of the molecule is CCOc1ccc(C2CCCN2Cn2cnc(C(=O)OC)n2)cc1. The van der Waals surface area contributed by atoms with Crippen LogP contribution in [0.4, 0.5) is 0 Å². The highest BCUT2D eigenvalue weighted by Gasteiger charge is 2.26. The fourth-order valence-electron chi connectivity index (χ4n) is 3.06. The van der Waals surface area contributed by atoms with Gasteiger partial charge >= 0.3 is 5.97 Å². The Balaban J connectivity index is 1.69. The molecule has 1 aromatic carbocycles. The summed E-state index contributed by atoms with van der Waals surface area (Å²) in [5, 5.41) is 4.18. The van der Waals surface area contributed by atoms with Gasteiger partial charge in [-0.3, -0.25) is 4.90 Å². The molecule has 1 aromatic heterocycles. The van der Waals surface area contributed by atoms with Crippen molar-refractivity contribution in [3.8, 4) is 5.75 Å². The van der Waals surface area contributed by atoms with Crippen molar-refractivity contribution >= 4 is 5.97 Å². The first kappa shape index (κ1) is 16.4. The molecule has 1 atom stereocenters. The molecule has 1 fully saturated rings. The van der Waals surface area contributed by atoms with E-state index < -0.39 is 5.97 Å². The third kappa shape index (κ3) is 3.56. The van der Waals surface area contributed by atoms with E-state index in [1.165, 1.54) is 12.7 Å². The predicted molar refractivity (Wildman–Crippen MR) is 87.7 cm³/mol. The smallest absolute Gasteiger partial charge is 0.377 e. The van der Waals surface area contributed by atoms with Gasteiger partial charge in [-0.2, -0.15) is 0 Å². The molecule has 7 nitrogen and oxygen atoms in total. The molecule has 1 aliphatic rings. The molecule has 1 aliphatic heterocycles. The van der Waals surface area contributed by atoms with E-state index in [2.05, 4.69) is 31.9 Å². The molecule has 2 heterocycles. The Morgan fingerprint density at radius 2 is 2.12 bits per heavy atom. The van der Waals surface area contributed by atoms with Crippen LogP contribution >= 0.6 is 0 Å². The summed E-state index contributed by atoms with van der Waals surface area (Å²) in [7, 11) is 1.32. The number of rotatable bonds is 6. The first-order valence-corrected chi connectivity index (χ1v) is 8.16. The minimum Gasteiger partial charge on any atom is -0.494 e. The van der Waals surface area contributed by atoms with E-state index in [0.717, 1.165) is 25.1 Å². The minimum absolute atomic E-state index is 0.0920. The monoisotopic (exact) mass is 330 g/mol. The number of hydrogen-bond donors (Lipinski definition) is 0. The van der Waals surface area contributed by atoms with Gasteiger partial charge in [-0.1, -0.05) is 12.1 Å². The Morgan fingerprint density at radius 3 is 2.83 bits per heavy atom. The summed E-state index contributed by atoms with van der Waals surface area (Å²) in [4.78, 5) is 17.8. The van der Waals surface area contributed by atoms with Crippen molar-refractivity contribution in [2.75, 3.05) is 20.3 Å². The lowest BCUT2D eigenvalue weighted by Gasteiger charge is -2.24. The highest BCUT2D eigenvalue weighted by molar-refractivity contribution is 5.84. The Morgan fingerprint density at radius 1 is 1.33 bits per heavy atom. The zero-order valence-electron chi connectivity index (χ0n) is 14.0. The van der Waals surface area contributed by atoms with Gasteiger partial charge in [-0.15, -0.1) is 5.10 Å². The van der Waals surface area contributed by atoms with Crippen LogP contribution in [0.15, 0.2) is 30.6 Å². The Labute approximate surface area is 141 Å². The second-order valence-corrected chi connectivity index (χ2v) is 5.71. The van der Waals surface area contributed by atoms with Crippen molar-refractivity contribution in [3.63, 3.8) is 0 Å². The molecule has 2 aromatic rings. The number of carbonyl (C=O) groups is 1. The number of likely N-dealkylation sites (tertiary alicyclic amines) is 1. The van der Waals surface area contributed by atoms with Crippen LogP contribution in [0.2, 0.25) is 0 Å². The van der Waals surface area contributed by atoms with Gasteiger partial charge in [0.2, 0.25) is 0 Å². The van der Waals surface area contributed by atoms with Gasteiger partial charge < -0.3 is 9.47 Å². The molecule has 0 amide bonds. The van der Waals surface area contributed by atoms with Crippen molar-refractivity contribution in [3.05, 3.63) is 42.0 Å². The van der Waals surface area contributed by atoms with E-state index >= 15 is 0 Å². The van der Waals surface area contributed by atoms with Gasteiger partial charge in [0.05, 0.1) is 20.4 Å². The Hall–Kier alpha value is -2.41. The molecule has 0 saturated carbocycles. The number of nitrogens with zero attached hydrogens (tertiary/aromatic N) is 4. The van der Waals surface area contributed by atoms with E-state index in [1.54, 1.807) is 11.0 Å². The number of hydrogen-bond acceptors (Lipinski definition) is 6. The van der Waals surface area contributed by atoms with Crippen LogP contribution in [0, 0.1) is 0 Å². The second kappa shape index (κ2) is 7.44. The maximum absolute atomic E-state index is 11.4. The van der Waals surface area contributed by atoms with Crippen LogP contribution in [-0.2, 0) is 11.4 Å². The summed E-state index contributed by atoms with van der Waals surface area (Å²) >= 11 is 0. The van der Waals surface area contributed by atoms with E-state index in [0.29, 0.717) is 19.3 Å². The lowest BCUT2D eigenvalue weighted by Crippen LogP contribution is -2.26. The second-order valence-electron chi connectivity index (χ2n) is 5.71. The van der Waals surface area contributed by atoms with Crippen molar-refractivity contribution in [2.24, 2.45) is 0 Å². The van der Waals surface area contributed by atoms with Gasteiger partial charge in [0.25, 0.3) is 5.82 Å². The molecule has 24 heavy (non-hydrogen) atoms. The Kier molecular flexibility index (Phi) is 5.10. The zero-order valence-corrected chi connectivity index (χ0v) is 14.0. The molecule has 128 valence electrons. The first-order chi connectivity index (χ1) is 11.7. The standard InChI is InChI=1S/C17H22N4O3/c1-3-24-14-8-6-13(7-9-14)15-5-4-10-20(15)12-21-11-18-16(19-21)17(22)23-2/h6-9,11,15H,3-5,10,12H2,1-2H3. The molecule has 1 saturated heterocycles. The van der Waals surface area contributed by atoms with E-state index in [1.807, 2.05) is 19.1 Å². The molecule has 0 N–H and O–H groups in total. The van der Waals surface area contributed by atoms with Gasteiger partial charge in [-0.25, -0.2) is 14.5 Å². The number of ether oxygens (including phenoxy) is 2. The van der Waals surface area contributed by atoms with Gasteiger partial charge in [-0.05, 0) is 37.5 Å². The van der Waals surface area contributed by atoms with Crippen LogP contribution in [0.25, 0.3) is 0 Å². The zero-order chi connectivity index (χ0) is 16.9. The predicted octanol–water partition coefficient (Wildman–Crippen LogP) is 2.26.